The van der Waals surface area contributed by atoms with Gasteiger partial charge in [-0.15, -0.1) is 0 Å². The fourth-order valence-corrected chi connectivity index (χ4v) is 3.66. The minimum Gasteiger partial charge on any atom is -0.497 e. The van der Waals surface area contributed by atoms with Gasteiger partial charge in [0.1, 0.15) is 23.6 Å². The monoisotopic (exact) mass is 382 g/mol. The van der Waals surface area contributed by atoms with Crippen LogP contribution in [0.3, 0.4) is 0 Å². The molecule has 148 valence electrons. The number of ether oxygens (including phenoxy) is 2. The third-order valence-electron chi connectivity index (χ3n) is 5.11. The van der Waals surface area contributed by atoms with Crippen LogP contribution in [0.4, 0.5) is 5.82 Å². The second-order valence-electron chi connectivity index (χ2n) is 7.04. The molecule has 1 N–H and O–H groups in total. The molecule has 2 aromatic heterocycles. The summed E-state index contributed by atoms with van der Waals surface area (Å²) in [4.78, 5) is 11.2. The van der Waals surface area contributed by atoms with Gasteiger partial charge in [0.25, 0.3) is 5.78 Å². The number of benzene rings is 1. The number of aromatic nitrogens is 4. The van der Waals surface area contributed by atoms with Gasteiger partial charge in [0.2, 0.25) is 0 Å². The molecule has 8 nitrogen and oxygen atoms in total. The molecule has 3 aromatic rings. The van der Waals surface area contributed by atoms with Gasteiger partial charge < -0.3 is 14.8 Å². The summed E-state index contributed by atoms with van der Waals surface area (Å²) in [5.74, 6) is 3.23. The highest BCUT2D eigenvalue weighted by Gasteiger charge is 2.24. The average Bonchev–Trinajstić information content (AvgIpc) is 3.36. The van der Waals surface area contributed by atoms with Gasteiger partial charge in [-0.3, -0.25) is 4.90 Å². The lowest BCUT2D eigenvalue weighted by atomic mass is 10.2. The zero-order valence-corrected chi connectivity index (χ0v) is 16.6. The highest BCUT2D eigenvalue weighted by molar-refractivity contribution is 5.46. The summed E-state index contributed by atoms with van der Waals surface area (Å²) in [6.45, 7) is 4.95. The molecule has 1 saturated heterocycles. The van der Waals surface area contributed by atoms with Crippen molar-refractivity contribution in [3.05, 3.63) is 41.9 Å². The Morgan fingerprint density at radius 3 is 2.64 bits per heavy atom. The fraction of sp³-hybridized carbons (Fsp3) is 0.450. The highest BCUT2D eigenvalue weighted by Crippen LogP contribution is 2.25. The molecule has 8 heteroatoms. The quantitative estimate of drug-likeness (QED) is 0.672. The van der Waals surface area contributed by atoms with Gasteiger partial charge in [0.15, 0.2) is 0 Å². The van der Waals surface area contributed by atoms with Gasteiger partial charge in [-0.05, 0) is 30.5 Å². The van der Waals surface area contributed by atoms with E-state index in [1.807, 2.05) is 6.07 Å². The molecule has 28 heavy (non-hydrogen) atoms. The lowest BCUT2D eigenvalue weighted by Gasteiger charge is -2.18. The van der Waals surface area contributed by atoms with E-state index in [1.165, 1.54) is 5.56 Å². The summed E-state index contributed by atoms with van der Waals surface area (Å²) in [5, 5.41) is 7.94. The molecule has 1 aliphatic heterocycles. The number of fused-ring (bicyclic) bond motifs is 1. The Hall–Kier alpha value is -2.87. The van der Waals surface area contributed by atoms with Crippen LogP contribution in [-0.2, 0) is 13.0 Å². The smallest absolute Gasteiger partial charge is 0.254 e. The van der Waals surface area contributed by atoms with Crippen LogP contribution in [0.2, 0.25) is 0 Å². The topological polar surface area (TPSA) is 76.8 Å². The van der Waals surface area contributed by atoms with Crippen LogP contribution in [0.15, 0.2) is 30.6 Å². The Balaban J connectivity index is 1.45. The van der Waals surface area contributed by atoms with Gasteiger partial charge >= 0.3 is 0 Å². The molecule has 1 fully saturated rings. The molecular weight excluding hydrogens is 356 g/mol. The van der Waals surface area contributed by atoms with Crippen molar-refractivity contribution in [1.29, 1.82) is 0 Å². The number of nitrogens with zero attached hydrogens (tertiary/aromatic N) is 5. The first-order valence-electron chi connectivity index (χ1n) is 9.59. The van der Waals surface area contributed by atoms with Crippen LogP contribution in [0, 0.1) is 0 Å². The number of nitrogens with one attached hydrogen (secondary N) is 1. The van der Waals surface area contributed by atoms with Crippen molar-refractivity contribution in [2.75, 3.05) is 32.6 Å². The van der Waals surface area contributed by atoms with Crippen molar-refractivity contribution >= 4 is 11.6 Å². The first kappa shape index (κ1) is 18.5. The van der Waals surface area contributed by atoms with E-state index in [-0.39, 0.29) is 0 Å². The molecule has 1 aliphatic rings. The Kier molecular flexibility index (Phi) is 5.29. The van der Waals surface area contributed by atoms with E-state index >= 15 is 0 Å². The van der Waals surface area contributed by atoms with Crippen molar-refractivity contribution in [2.45, 2.75) is 32.4 Å². The number of anilines is 1. The molecule has 0 spiro atoms. The number of hydrogen-bond acceptors (Lipinski definition) is 7. The Bertz CT molecular complexity index is 935. The predicted octanol–water partition coefficient (Wildman–Crippen LogP) is 2.39. The van der Waals surface area contributed by atoms with E-state index in [0.717, 1.165) is 55.5 Å². The summed E-state index contributed by atoms with van der Waals surface area (Å²) in [7, 11) is 3.36. The highest BCUT2D eigenvalue weighted by atomic mass is 16.5. The number of methoxy groups -OCH3 is 2. The molecule has 0 bridgehead atoms. The second-order valence-corrected chi connectivity index (χ2v) is 7.04. The number of rotatable bonds is 7. The van der Waals surface area contributed by atoms with Crippen molar-refractivity contribution in [1.82, 2.24) is 24.5 Å². The molecule has 0 aliphatic carbocycles. The van der Waals surface area contributed by atoms with E-state index in [9.17, 15) is 0 Å². The number of likely N-dealkylation sites (tertiary alicyclic amines) is 1. The van der Waals surface area contributed by atoms with Crippen molar-refractivity contribution in [2.24, 2.45) is 0 Å². The van der Waals surface area contributed by atoms with Gasteiger partial charge in [-0.2, -0.15) is 14.6 Å². The molecule has 0 amide bonds. The largest absolute Gasteiger partial charge is 0.497 e. The van der Waals surface area contributed by atoms with E-state index in [4.69, 9.17) is 9.47 Å². The zero-order chi connectivity index (χ0) is 19.5. The Morgan fingerprint density at radius 2 is 1.93 bits per heavy atom. The maximum atomic E-state index is 5.38. The van der Waals surface area contributed by atoms with Gasteiger partial charge in [0.05, 0.1) is 14.2 Å². The summed E-state index contributed by atoms with van der Waals surface area (Å²) in [5.41, 5.74) is 2.20. The summed E-state index contributed by atoms with van der Waals surface area (Å²) in [6, 6.07) is 8.46. The first-order chi connectivity index (χ1) is 13.7. The molecule has 3 heterocycles. The van der Waals surface area contributed by atoms with E-state index in [1.54, 1.807) is 25.1 Å². The molecule has 1 aromatic carbocycles. The average molecular weight is 382 g/mol. The van der Waals surface area contributed by atoms with Crippen LogP contribution in [0.1, 0.15) is 24.6 Å². The Morgan fingerprint density at radius 1 is 1.14 bits per heavy atom. The van der Waals surface area contributed by atoms with Crippen LogP contribution in [0.5, 0.6) is 11.5 Å². The maximum absolute atomic E-state index is 5.38. The fourth-order valence-electron chi connectivity index (χ4n) is 3.66. The molecule has 0 saturated carbocycles. The van der Waals surface area contributed by atoms with Crippen molar-refractivity contribution < 1.29 is 9.47 Å². The predicted molar refractivity (Wildman–Crippen MR) is 107 cm³/mol. The van der Waals surface area contributed by atoms with Crippen LogP contribution >= 0.6 is 0 Å². The third kappa shape index (κ3) is 3.87. The molecule has 1 atom stereocenters. The van der Waals surface area contributed by atoms with Crippen LogP contribution < -0.4 is 14.8 Å². The number of aryl methyl sites for hydroxylation is 1. The minimum absolute atomic E-state index is 0.354. The van der Waals surface area contributed by atoms with Crippen molar-refractivity contribution in [3.8, 4) is 11.5 Å². The van der Waals surface area contributed by atoms with Crippen molar-refractivity contribution in [3.63, 3.8) is 0 Å². The second kappa shape index (κ2) is 8.02. The molecule has 4 rings (SSSR count). The Labute approximate surface area is 164 Å². The van der Waals surface area contributed by atoms with Crippen LogP contribution in [-0.4, -0.2) is 57.8 Å². The van der Waals surface area contributed by atoms with E-state index < -0.39 is 0 Å². The SMILES string of the molecule is CCc1cc(NC2CCN(Cc3cc(OC)cc(OC)c3)C2)n2ncnc2n1. The van der Waals surface area contributed by atoms with E-state index in [0.29, 0.717) is 11.8 Å². The van der Waals surface area contributed by atoms with Gasteiger partial charge in [0, 0.05) is 43.5 Å². The lowest BCUT2D eigenvalue weighted by molar-refractivity contribution is 0.326. The number of hydrogen-bond donors (Lipinski definition) is 1. The zero-order valence-electron chi connectivity index (χ0n) is 16.6. The van der Waals surface area contributed by atoms with E-state index in [2.05, 4.69) is 50.4 Å². The summed E-state index contributed by atoms with van der Waals surface area (Å²) in [6.07, 6.45) is 3.48. The molecule has 0 radical (unpaired) electrons. The van der Waals surface area contributed by atoms with Gasteiger partial charge in [-0.25, -0.2) is 4.98 Å². The minimum atomic E-state index is 0.354. The lowest BCUT2D eigenvalue weighted by Crippen LogP contribution is -2.27. The summed E-state index contributed by atoms with van der Waals surface area (Å²) < 4.78 is 12.5. The normalized spacial score (nSPS) is 17.2. The summed E-state index contributed by atoms with van der Waals surface area (Å²) >= 11 is 0. The third-order valence-corrected chi connectivity index (χ3v) is 5.11. The van der Waals surface area contributed by atoms with Gasteiger partial charge in [-0.1, -0.05) is 6.92 Å². The maximum Gasteiger partial charge on any atom is 0.254 e. The first-order valence-corrected chi connectivity index (χ1v) is 9.59. The standard InChI is InChI=1S/C20H26N6O2/c1-4-15-9-19(26-20(24-15)21-13-22-26)23-16-5-6-25(12-16)11-14-7-17(27-2)10-18(8-14)28-3/h7-10,13,16,23H,4-6,11-12H2,1-3H3. The van der Waals surface area contributed by atoms with Crippen LogP contribution in [0.25, 0.3) is 5.78 Å². The molecular formula is C20H26N6O2. The molecule has 1 unspecified atom stereocenters.